The molecule has 1 aliphatic rings. The average molecular weight is 254 g/mol. The van der Waals surface area contributed by atoms with E-state index >= 15 is 0 Å². The number of thiazole rings is 1. The van der Waals surface area contributed by atoms with Crippen molar-refractivity contribution in [1.82, 2.24) is 10.3 Å². The van der Waals surface area contributed by atoms with Crippen LogP contribution < -0.4 is 5.32 Å². The van der Waals surface area contributed by atoms with Crippen LogP contribution in [0.5, 0.6) is 0 Å². The normalized spacial score (nSPS) is 17.6. The van der Waals surface area contributed by atoms with Gasteiger partial charge < -0.3 is 10.4 Å². The van der Waals surface area contributed by atoms with Gasteiger partial charge in [0.05, 0.1) is 5.01 Å². The number of hydrogen-bond acceptors (Lipinski definition) is 4. The molecular formula is C13H22N2OS. The molecule has 1 aliphatic carbocycles. The molecule has 17 heavy (non-hydrogen) atoms. The van der Waals surface area contributed by atoms with Crippen LogP contribution in [0.25, 0.3) is 0 Å². The first kappa shape index (κ1) is 13.0. The van der Waals surface area contributed by atoms with Crippen LogP contribution in [0, 0.1) is 5.92 Å². The number of nitrogens with one attached hydrogen (secondary N) is 1. The van der Waals surface area contributed by atoms with Gasteiger partial charge in [0, 0.05) is 36.2 Å². The highest BCUT2D eigenvalue weighted by atomic mass is 32.1. The van der Waals surface area contributed by atoms with Gasteiger partial charge in [0.15, 0.2) is 0 Å². The van der Waals surface area contributed by atoms with Crippen LogP contribution in [0.15, 0.2) is 6.20 Å². The Morgan fingerprint density at radius 1 is 1.53 bits per heavy atom. The number of rotatable bonds is 7. The fraction of sp³-hybridized carbons (Fsp3) is 0.769. The Hall–Kier alpha value is -0.450. The van der Waals surface area contributed by atoms with Crippen LogP contribution in [0.4, 0.5) is 0 Å². The van der Waals surface area contributed by atoms with E-state index in [0.717, 1.165) is 18.9 Å². The Labute approximate surface area is 107 Å². The smallest absolute Gasteiger partial charge is 0.0953 e. The second-order valence-corrected chi connectivity index (χ2v) is 6.30. The molecule has 96 valence electrons. The van der Waals surface area contributed by atoms with Gasteiger partial charge in [-0.25, -0.2) is 4.98 Å². The fourth-order valence-electron chi connectivity index (χ4n) is 2.05. The Morgan fingerprint density at radius 2 is 2.29 bits per heavy atom. The molecule has 1 heterocycles. The van der Waals surface area contributed by atoms with Crippen molar-refractivity contribution in [1.29, 1.82) is 0 Å². The maximum absolute atomic E-state index is 9.04. The monoisotopic (exact) mass is 254 g/mol. The van der Waals surface area contributed by atoms with Gasteiger partial charge in [0.2, 0.25) is 0 Å². The molecule has 1 saturated carbocycles. The van der Waals surface area contributed by atoms with E-state index in [2.05, 4.69) is 24.1 Å². The van der Waals surface area contributed by atoms with Crippen LogP contribution in [-0.2, 0) is 6.54 Å². The molecule has 4 heteroatoms. The van der Waals surface area contributed by atoms with Gasteiger partial charge in [-0.2, -0.15) is 0 Å². The van der Waals surface area contributed by atoms with Gasteiger partial charge in [-0.15, -0.1) is 11.3 Å². The molecule has 0 saturated heterocycles. The van der Waals surface area contributed by atoms with Crippen LogP contribution in [0.2, 0.25) is 0 Å². The third kappa shape index (κ3) is 3.76. The highest BCUT2D eigenvalue weighted by Gasteiger charge is 2.30. The van der Waals surface area contributed by atoms with Crippen molar-refractivity contribution in [2.45, 2.75) is 51.6 Å². The highest BCUT2D eigenvalue weighted by molar-refractivity contribution is 7.11. The molecule has 0 radical (unpaired) electrons. The lowest BCUT2D eigenvalue weighted by Gasteiger charge is -2.16. The van der Waals surface area contributed by atoms with Gasteiger partial charge in [-0.3, -0.25) is 0 Å². The SMILES string of the molecule is CC(C)c1ncc(CNC(CCO)C2CC2)s1. The molecule has 2 rings (SSSR count). The van der Waals surface area contributed by atoms with Gasteiger partial charge in [0.1, 0.15) is 0 Å². The molecule has 0 bridgehead atoms. The van der Waals surface area contributed by atoms with Gasteiger partial charge >= 0.3 is 0 Å². The van der Waals surface area contributed by atoms with Crippen molar-refractivity contribution in [2.24, 2.45) is 5.92 Å². The first-order chi connectivity index (χ1) is 8.20. The van der Waals surface area contributed by atoms with Crippen molar-refractivity contribution < 1.29 is 5.11 Å². The quantitative estimate of drug-likeness (QED) is 0.786. The summed E-state index contributed by atoms with van der Waals surface area (Å²) in [7, 11) is 0. The molecule has 1 fully saturated rings. The second kappa shape index (κ2) is 5.94. The molecule has 1 unspecified atom stereocenters. The van der Waals surface area contributed by atoms with Crippen LogP contribution in [-0.4, -0.2) is 22.7 Å². The first-order valence-electron chi connectivity index (χ1n) is 6.49. The third-order valence-corrected chi connectivity index (χ3v) is 4.53. The molecule has 0 spiro atoms. The lowest BCUT2D eigenvalue weighted by Crippen LogP contribution is -2.31. The van der Waals surface area contributed by atoms with Crippen molar-refractivity contribution >= 4 is 11.3 Å². The summed E-state index contributed by atoms with van der Waals surface area (Å²) in [4.78, 5) is 5.73. The van der Waals surface area contributed by atoms with Crippen molar-refractivity contribution in [3.05, 3.63) is 16.1 Å². The second-order valence-electron chi connectivity index (χ2n) is 5.16. The molecular weight excluding hydrogens is 232 g/mol. The minimum Gasteiger partial charge on any atom is -0.396 e. The fourth-order valence-corrected chi connectivity index (χ4v) is 2.92. The molecule has 0 amide bonds. The predicted molar refractivity (Wildman–Crippen MR) is 71.3 cm³/mol. The van der Waals surface area contributed by atoms with E-state index in [-0.39, 0.29) is 6.61 Å². The van der Waals surface area contributed by atoms with Crippen molar-refractivity contribution in [3.63, 3.8) is 0 Å². The molecule has 0 aliphatic heterocycles. The van der Waals surface area contributed by atoms with E-state index in [4.69, 9.17) is 5.11 Å². The zero-order valence-electron chi connectivity index (χ0n) is 10.6. The zero-order chi connectivity index (χ0) is 12.3. The Morgan fingerprint density at radius 3 is 2.82 bits per heavy atom. The molecule has 2 N–H and O–H groups in total. The summed E-state index contributed by atoms with van der Waals surface area (Å²) < 4.78 is 0. The number of hydrogen-bond donors (Lipinski definition) is 2. The molecule has 3 nitrogen and oxygen atoms in total. The number of aromatic nitrogens is 1. The minimum absolute atomic E-state index is 0.286. The number of aliphatic hydroxyl groups is 1. The maximum atomic E-state index is 9.04. The summed E-state index contributed by atoms with van der Waals surface area (Å²) in [6.45, 7) is 5.53. The Bertz CT molecular complexity index is 347. The van der Waals surface area contributed by atoms with Crippen LogP contribution in [0.1, 0.15) is 48.9 Å². The summed E-state index contributed by atoms with van der Waals surface area (Å²) >= 11 is 1.80. The van der Waals surface area contributed by atoms with Gasteiger partial charge in [0.25, 0.3) is 0 Å². The van der Waals surface area contributed by atoms with Gasteiger partial charge in [-0.05, 0) is 25.2 Å². The summed E-state index contributed by atoms with van der Waals surface area (Å²) in [5.41, 5.74) is 0. The highest BCUT2D eigenvalue weighted by Crippen LogP contribution is 2.34. The van der Waals surface area contributed by atoms with E-state index in [1.165, 1.54) is 22.7 Å². The van der Waals surface area contributed by atoms with Crippen molar-refractivity contribution in [3.8, 4) is 0 Å². The van der Waals surface area contributed by atoms with Gasteiger partial charge in [-0.1, -0.05) is 13.8 Å². The van der Waals surface area contributed by atoms with E-state index < -0.39 is 0 Å². The maximum Gasteiger partial charge on any atom is 0.0953 e. The van der Waals surface area contributed by atoms with Crippen LogP contribution in [0.3, 0.4) is 0 Å². The number of aliphatic hydroxyl groups excluding tert-OH is 1. The molecule has 1 atom stereocenters. The largest absolute Gasteiger partial charge is 0.396 e. The summed E-state index contributed by atoms with van der Waals surface area (Å²) in [6, 6.07) is 0.490. The summed E-state index contributed by atoms with van der Waals surface area (Å²) in [6.07, 6.45) is 5.49. The Balaban J connectivity index is 1.82. The number of nitrogens with zero attached hydrogens (tertiary/aromatic N) is 1. The Kier molecular flexibility index (Phi) is 4.54. The minimum atomic E-state index is 0.286. The van der Waals surface area contributed by atoms with Crippen LogP contribution >= 0.6 is 11.3 Å². The topological polar surface area (TPSA) is 45.2 Å². The third-order valence-electron chi connectivity index (χ3n) is 3.23. The lowest BCUT2D eigenvalue weighted by molar-refractivity contribution is 0.256. The zero-order valence-corrected chi connectivity index (χ0v) is 11.5. The lowest BCUT2D eigenvalue weighted by atomic mass is 10.1. The summed E-state index contributed by atoms with van der Waals surface area (Å²) in [5, 5.41) is 13.8. The van der Waals surface area contributed by atoms with E-state index in [1.807, 2.05) is 6.20 Å². The predicted octanol–water partition coefficient (Wildman–Crippen LogP) is 2.52. The first-order valence-corrected chi connectivity index (χ1v) is 7.31. The average Bonchev–Trinajstić information content (AvgIpc) is 3.02. The van der Waals surface area contributed by atoms with Crippen molar-refractivity contribution in [2.75, 3.05) is 6.61 Å². The molecule has 1 aromatic heterocycles. The summed E-state index contributed by atoms with van der Waals surface area (Å²) in [5.74, 6) is 1.31. The van der Waals surface area contributed by atoms with E-state index in [0.29, 0.717) is 12.0 Å². The van der Waals surface area contributed by atoms with E-state index in [9.17, 15) is 0 Å². The van der Waals surface area contributed by atoms with E-state index in [1.54, 1.807) is 11.3 Å². The standard InChI is InChI=1S/C13H22N2OS/c1-9(2)13-15-8-11(17-13)7-14-12(5-6-16)10-3-4-10/h8-10,12,14,16H,3-7H2,1-2H3. The molecule has 1 aromatic rings. The molecule has 0 aromatic carbocycles.